The summed E-state index contributed by atoms with van der Waals surface area (Å²) in [5.41, 5.74) is 2.75. The number of benzene rings is 1. The summed E-state index contributed by atoms with van der Waals surface area (Å²) in [6.07, 6.45) is 7.74. The van der Waals surface area contributed by atoms with E-state index in [0.717, 1.165) is 25.0 Å². The van der Waals surface area contributed by atoms with Gasteiger partial charge in [-0.15, -0.1) is 0 Å². The van der Waals surface area contributed by atoms with E-state index in [2.05, 4.69) is 85.7 Å². The third-order valence-electron chi connectivity index (χ3n) is 9.08. The number of carbonyl (C=O) groups is 1. The zero-order chi connectivity index (χ0) is 26.7. The van der Waals surface area contributed by atoms with Gasteiger partial charge in [-0.05, 0) is 46.9 Å². The Hall–Kier alpha value is -2.14. The summed E-state index contributed by atoms with van der Waals surface area (Å²) in [7, 11) is -0.304. The van der Waals surface area contributed by atoms with Gasteiger partial charge in [0.05, 0.1) is 7.11 Å². The van der Waals surface area contributed by atoms with E-state index < -0.39 is 8.07 Å². The van der Waals surface area contributed by atoms with Crippen LogP contribution in [-0.2, 0) is 10.2 Å². The van der Waals surface area contributed by atoms with Crippen molar-refractivity contribution in [3.05, 3.63) is 54.4 Å². The molecule has 0 bridgehead atoms. The van der Waals surface area contributed by atoms with Gasteiger partial charge in [0.15, 0.2) is 12.4 Å². The van der Waals surface area contributed by atoms with E-state index in [1.165, 1.54) is 17.2 Å². The average molecular weight is 511 g/mol. The van der Waals surface area contributed by atoms with Crippen LogP contribution in [0.1, 0.15) is 86.6 Å². The van der Waals surface area contributed by atoms with Crippen LogP contribution in [-0.4, -0.2) is 27.4 Å². The summed E-state index contributed by atoms with van der Waals surface area (Å²) in [4.78, 5) is 13.6. The second-order valence-corrected chi connectivity index (χ2v) is 18.0. The molecular formula is C31H48NO3Si+. The first-order valence-electron chi connectivity index (χ1n) is 13.8. The van der Waals surface area contributed by atoms with Crippen molar-refractivity contribution in [3.8, 4) is 5.75 Å². The van der Waals surface area contributed by atoms with Crippen molar-refractivity contribution in [1.82, 2.24) is 0 Å². The van der Waals surface area contributed by atoms with Crippen molar-refractivity contribution in [2.75, 3.05) is 7.11 Å². The minimum atomic E-state index is -2.04. The lowest BCUT2D eigenvalue weighted by Gasteiger charge is -2.43. The lowest BCUT2D eigenvalue weighted by Crippen LogP contribution is -2.59. The molecule has 0 unspecified atom stereocenters. The van der Waals surface area contributed by atoms with E-state index in [1.54, 1.807) is 11.7 Å². The minimum Gasteiger partial charge on any atom is -0.496 e. The molecule has 0 N–H and O–H groups in total. The van der Waals surface area contributed by atoms with Crippen LogP contribution in [0.2, 0.25) is 16.6 Å². The maximum atomic E-state index is 13.6. The molecule has 1 aromatic heterocycles. The molecule has 0 spiro atoms. The van der Waals surface area contributed by atoms with Crippen molar-refractivity contribution in [1.29, 1.82) is 0 Å². The van der Waals surface area contributed by atoms with Crippen LogP contribution in [0.3, 0.4) is 0 Å². The number of aromatic nitrogens is 1. The van der Waals surface area contributed by atoms with E-state index in [-0.39, 0.29) is 23.5 Å². The first kappa shape index (κ1) is 28.4. The molecule has 4 nitrogen and oxygen atoms in total. The van der Waals surface area contributed by atoms with E-state index in [0.29, 0.717) is 16.6 Å². The molecule has 1 aliphatic carbocycles. The summed E-state index contributed by atoms with van der Waals surface area (Å²) < 4.78 is 13.9. The van der Waals surface area contributed by atoms with Gasteiger partial charge in [-0.1, -0.05) is 96.7 Å². The van der Waals surface area contributed by atoms with Gasteiger partial charge < -0.3 is 9.47 Å². The molecule has 2 aromatic rings. The SMILES string of the molecule is COc1cc[n+](C(=O)O[C@@H]2CCCC[C@H]2C(C)(C)c2ccccc2)cc1[Si](C(C)C)(C(C)C)C(C)C. The standard InChI is InChI=1S/C31H48NO3Si/c1-22(2)36(23(3)4,24(5)6)29-21-32(20-19-28(29)34-9)30(33)35-27-18-14-13-17-26(27)31(7,8)25-15-11-10-12-16-25/h10-12,15-16,19-24,26-27H,13-14,17-18H2,1-9H3/q+1/t26-,27-/m1/s1. The summed E-state index contributed by atoms with van der Waals surface area (Å²) >= 11 is 0. The Balaban J connectivity index is 1.96. The molecule has 1 heterocycles. The fourth-order valence-electron chi connectivity index (χ4n) is 7.37. The molecule has 1 aromatic carbocycles. The largest absolute Gasteiger partial charge is 0.602 e. The van der Waals surface area contributed by atoms with Crippen molar-refractivity contribution in [2.24, 2.45) is 5.92 Å². The topological polar surface area (TPSA) is 39.4 Å². The van der Waals surface area contributed by atoms with Crippen molar-refractivity contribution < 1.29 is 18.8 Å². The minimum absolute atomic E-state index is 0.0721. The number of hydrogen-bond donors (Lipinski definition) is 0. The van der Waals surface area contributed by atoms with Crippen molar-refractivity contribution in [3.63, 3.8) is 0 Å². The Morgan fingerprint density at radius 3 is 2.08 bits per heavy atom. The van der Waals surface area contributed by atoms with Crippen LogP contribution < -0.4 is 14.5 Å². The summed E-state index contributed by atoms with van der Waals surface area (Å²) in [6.45, 7) is 18.6. The summed E-state index contributed by atoms with van der Waals surface area (Å²) in [5, 5.41) is 1.22. The average Bonchev–Trinajstić information content (AvgIpc) is 2.84. The second kappa shape index (κ2) is 11.5. The third kappa shape index (κ3) is 5.27. The van der Waals surface area contributed by atoms with Gasteiger partial charge in [-0.2, -0.15) is 4.79 Å². The first-order chi connectivity index (χ1) is 17.0. The van der Waals surface area contributed by atoms with Crippen LogP contribution >= 0.6 is 0 Å². The predicted octanol–water partition coefficient (Wildman–Crippen LogP) is 7.39. The van der Waals surface area contributed by atoms with Crippen LogP contribution in [0.4, 0.5) is 4.79 Å². The molecule has 1 fully saturated rings. The van der Waals surface area contributed by atoms with Gasteiger partial charge in [0, 0.05) is 17.2 Å². The van der Waals surface area contributed by atoms with Gasteiger partial charge in [-0.25, -0.2) is 0 Å². The maximum absolute atomic E-state index is 13.6. The van der Waals surface area contributed by atoms with Gasteiger partial charge in [0.25, 0.3) is 0 Å². The van der Waals surface area contributed by atoms with Crippen LogP contribution in [0.25, 0.3) is 0 Å². The number of ether oxygens (including phenoxy) is 2. The molecule has 0 radical (unpaired) electrons. The van der Waals surface area contributed by atoms with Crippen LogP contribution in [0, 0.1) is 5.92 Å². The number of methoxy groups -OCH3 is 1. The maximum Gasteiger partial charge on any atom is 0.602 e. The molecule has 1 saturated carbocycles. The monoisotopic (exact) mass is 510 g/mol. The second-order valence-electron chi connectivity index (χ2n) is 12.1. The van der Waals surface area contributed by atoms with Crippen LogP contribution in [0.15, 0.2) is 48.8 Å². The molecule has 5 heteroatoms. The molecular weight excluding hydrogens is 462 g/mol. The molecule has 0 saturated heterocycles. The number of carbonyl (C=O) groups excluding carboxylic acids is 1. The highest BCUT2D eigenvalue weighted by molar-refractivity contribution is 6.95. The van der Waals surface area contributed by atoms with E-state index in [9.17, 15) is 4.79 Å². The highest BCUT2D eigenvalue weighted by Gasteiger charge is 2.48. The first-order valence-corrected chi connectivity index (χ1v) is 16.1. The van der Waals surface area contributed by atoms with E-state index in [4.69, 9.17) is 9.47 Å². The Morgan fingerprint density at radius 1 is 0.944 bits per heavy atom. The molecule has 3 rings (SSSR count). The number of hydrogen-bond acceptors (Lipinski definition) is 3. The highest BCUT2D eigenvalue weighted by atomic mass is 28.3. The highest BCUT2D eigenvalue weighted by Crippen LogP contribution is 2.43. The molecule has 36 heavy (non-hydrogen) atoms. The third-order valence-corrected chi connectivity index (χ3v) is 16.1. The smallest absolute Gasteiger partial charge is 0.496 e. The van der Waals surface area contributed by atoms with Crippen molar-refractivity contribution >= 4 is 19.4 Å². The Morgan fingerprint density at radius 2 is 1.53 bits per heavy atom. The number of rotatable bonds is 8. The summed E-state index contributed by atoms with van der Waals surface area (Å²) in [6, 6.07) is 12.6. The van der Waals surface area contributed by atoms with Gasteiger partial charge in [0.1, 0.15) is 19.9 Å². The predicted molar refractivity (Wildman–Crippen MR) is 151 cm³/mol. The lowest BCUT2D eigenvalue weighted by molar-refractivity contribution is -0.587. The Bertz CT molecular complexity index is 994. The Kier molecular flexibility index (Phi) is 9.08. The quantitative estimate of drug-likeness (QED) is 0.274. The van der Waals surface area contributed by atoms with Gasteiger partial charge >= 0.3 is 6.09 Å². The number of nitrogens with zero attached hydrogens (tertiary/aromatic N) is 1. The fourth-order valence-corrected chi connectivity index (χ4v) is 14.2. The zero-order valence-corrected chi connectivity index (χ0v) is 25.0. The molecule has 0 amide bonds. The molecule has 0 aliphatic heterocycles. The fraction of sp³-hybridized carbons (Fsp3) is 0.613. The van der Waals surface area contributed by atoms with Gasteiger partial charge in [-0.3, -0.25) is 0 Å². The Labute approximate surface area is 220 Å². The zero-order valence-electron chi connectivity index (χ0n) is 24.0. The summed E-state index contributed by atoms with van der Waals surface area (Å²) in [5.74, 6) is 1.17. The van der Waals surface area contributed by atoms with Crippen LogP contribution in [0.5, 0.6) is 5.75 Å². The number of pyridine rings is 1. The molecule has 198 valence electrons. The lowest BCUT2D eigenvalue weighted by atomic mass is 9.66. The molecule has 1 aliphatic rings. The van der Waals surface area contributed by atoms with Gasteiger partial charge in [0.2, 0.25) is 0 Å². The normalized spacial score (nSPS) is 19.1. The van der Waals surface area contributed by atoms with E-state index >= 15 is 0 Å². The van der Waals surface area contributed by atoms with Crippen molar-refractivity contribution in [2.45, 2.75) is 109 Å². The molecule has 2 atom stereocenters. The van der Waals surface area contributed by atoms with E-state index in [1.807, 2.05) is 18.5 Å².